The van der Waals surface area contributed by atoms with E-state index >= 15 is 0 Å². The highest BCUT2D eigenvalue weighted by atomic mass is 35.5. The lowest BCUT2D eigenvalue weighted by Gasteiger charge is -2.41. The van der Waals surface area contributed by atoms with E-state index in [4.69, 9.17) is 26.8 Å². The molecule has 4 rings (SSSR count). The predicted molar refractivity (Wildman–Crippen MR) is 124 cm³/mol. The number of fused-ring (bicyclic) bond motifs is 1. The minimum atomic E-state index is -0.551. The molecule has 2 amide bonds. The van der Waals surface area contributed by atoms with Crippen LogP contribution in [0.3, 0.4) is 0 Å². The van der Waals surface area contributed by atoms with Crippen LogP contribution in [0.2, 0.25) is 5.02 Å². The van der Waals surface area contributed by atoms with Gasteiger partial charge in [0.15, 0.2) is 11.6 Å². The van der Waals surface area contributed by atoms with E-state index in [9.17, 15) is 9.59 Å². The van der Waals surface area contributed by atoms with Crippen molar-refractivity contribution < 1.29 is 19.1 Å². The van der Waals surface area contributed by atoms with Gasteiger partial charge in [-0.25, -0.2) is 14.8 Å². The molecule has 0 bridgehead atoms. The summed E-state index contributed by atoms with van der Waals surface area (Å²) in [6, 6.07) is 4.99. The molecule has 2 aliphatic heterocycles. The first-order chi connectivity index (χ1) is 15.8. The van der Waals surface area contributed by atoms with Crippen LogP contribution in [0.5, 0.6) is 5.75 Å². The number of nitrogens with two attached hydrogens (primary N) is 1. The number of halogens is 1. The number of carbonyl (C=O) groups is 2. The zero-order valence-electron chi connectivity index (χ0n) is 18.6. The Morgan fingerprint density at radius 1 is 1.24 bits per heavy atom. The van der Waals surface area contributed by atoms with Gasteiger partial charge in [-0.15, -0.1) is 0 Å². The first-order valence-electron chi connectivity index (χ1n) is 10.9. The number of anilines is 3. The van der Waals surface area contributed by atoms with Crippen LogP contribution in [0.15, 0.2) is 24.5 Å². The molecule has 2 aliphatic rings. The lowest BCUT2D eigenvalue weighted by molar-refractivity contribution is 0.0687. The van der Waals surface area contributed by atoms with E-state index in [0.717, 1.165) is 12.8 Å². The average Bonchev–Trinajstić information content (AvgIpc) is 2.79. The molecule has 0 unspecified atom stereocenters. The smallest absolute Gasteiger partial charge is 0.410 e. The highest BCUT2D eigenvalue weighted by Crippen LogP contribution is 2.39. The standard InChI is InChI=1S/C22H27ClN6O4/c1-13(2)33-22(31)28-7-5-15(6-8-28)29-9-10-32-18-20(25-12-26-21(18)29)27-17-4-3-14(19(24)30)11-16(17)23/h3-4,11-13,15H,5-10H2,1-2H3,(H2,24,30)(H,25,26,27). The molecule has 0 spiro atoms. The zero-order valence-corrected chi connectivity index (χ0v) is 19.3. The van der Waals surface area contributed by atoms with Gasteiger partial charge in [-0.3, -0.25) is 4.79 Å². The lowest BCUT2D eigenvalue weighted by atomic mass is 10.0. The first-order valence-corrected chi connectivity index (χ1v) is 11.3. The number of aromatic nitrogens is 2. The van der Waals surface area contributed by atoms with Crippen molar-refractivity contribution in [1.82, 2.24) is 14.9 Å². The molecule has 1 aromatic heterocycles. The minimum Gasteiger partial charge on any atom is -0.485 e. The maximum absolute atomic E-state index is 12.2. The first kappa shape index (κ1) is 22.9. The van der Waals surface area contributed by atoms with Crippen molar-refractivity contribution in [3.63, 3.8) is 0 Å². The van der Waals surface area contributed by atoms with Crippen LogP contribution in [0, 0.1) is 0 Å². The molecular formula is C22H27ClN6O4. The molecule has 3 heterocycles. The lowest BCUT2D eigenvalue weighted by Crippen LogP contribution is -2.49. The summed E-state index contributed by atoms with van der Waals surface area (Å²) in [6.45, 7) is 6.12. The molecule has 10 nitrogen and oxygen atoms in total. The van der Waals surface area contributed by atoms with Gasteiger partial charge in [0.2, 0.25) is 11.7 Å². The molecule has 176 valence electrons. The number of hydrogen-bond acceptors (Lipinski definition) is 8. The molecule has 1 aromatic carbocycles. The van der Waals surface area contributed by atoms with Crippen LogP contribution in [0.1, 0.15) is 37.0 Å². The largest absolute Gasteiger partial charge is 0.485 e. The van der Waals surface area contributed by atoms with E-state index in [0.29, 0.717) is 59.9 Å². The van der Waals surface area contributed by atoms with Crippen molar-refractivity contribution >= 4 is 40.9 Å². The van der Waals surface area contributed by atoms with E-state index in [1.807, 2.05) is 13.8 Å². The fourth-order valence-corrected chi connectivity index (χ4v) is 4.26. The average molecular weight is 475 g/mol. The Morgan fingerprint density at radius 3 is 2.67 bits per heavy atom. The van der Waals surface area contributed by atoms with E-state index in [2.05, 4.69) is 20.2 Å². The second-order valence-electron chi connectivity index (χ2n) is 8.25. The van der Waals surface area contributed by atoms with Gasteiger partial charge in [0.1, 0.15) is 12.9 Å². The number of hydrogen-bond donors (Lipinski definition) is 2. The maximum Gasteiger partial charge on any atom is 0.410 e. The molecular weight excluding hydrogens is 448 g/mol. The van der Waals surface area contributed by atoms with E-state index < -0.39 is 5.91 Å². The Balaban J connectivity index is 1.49. The summed E-state index contributed by atoms with van der Waals surface area (Å²) in [5.41, 5.74) is 6.21. The Hall–Kier alpha value is -3.27. The summed E-state index contributed by atoms with van der Waals surface area (Å²) in [5, 5.41) is 3.51. The van der Waals surface area contributed by atoms with Crippen molar-refractivity contribution in [2.24, 2.45) is 5.73 Å². The fourth-order valence-electron chi connectivity index (χ4n) is 4.03. The van der Waals surface area contributed by atoms with Gasteiger partial charge in [0.25, 0.3) is 0 Å². The highest BCUT2D eigenvalue weighted by Gasteiger charge is 2.33. The van der Waals surface area contributed by atoms with Crippen molar-refractivity contribution in [2.75, 3.05) is 36.5 Å². The number of nitrogens with one attached hydrogen (secondary N) is 1. The number of carbonyl (C=O) groups excluding carboxylic acids is 2. The highest BCUT2D eigenvalue weighted by molar-refractivity contribution is 6.33. The quantitative estimate of drug-likeness (QED) is 0.677. The number of benzene rings is 1. The Morgan fingerprint density at radius 2 is 2.00 bits per heavy atom. The Labute approximate surface area is 197 Å². The maximum atomic E-state index is 12.2. The number of piperidine rings is 1. The van der Waals surface area contributed by atoms with Gasteiger partial charge in [-0.05, 0) is 44.9 Å². The van der Waals surface area contributed by atoms with Gasteiger partial charge in [-0.2, -0.15) is 0 Å². The van der Waals surface area contributed by atoms with Crippen LogP contribution in [-0.4, -0.2) is 65.3 Å². The number of primary amides is 1. The molecule has 11 heteroatoms. The molecule has 33 heavy (non-hydrogen) atoms. The second kappa shape index (κ2) is 9.70. The molecule has 0 saturated carbocycles. The molecule has 0 aliphatic carbocycles. The third-order valence-electron chi connectivity index (χ3n) is 5.64. The summed E-state index contributed by atoms with van der Waals surface area (Å²) < 4.78 is 11.2. The number of likely N-dealkylation sites (tertiary alicyclic amines) is 1. The van der Waals surface area contributed by atoms with Crippen LogP contribution < -0.4 is 20.7 Å². The summed E-state index contributed by atoms with van der Waals surface area (Å²) in [4.78, 5) is 36.4. The molecule has 1 fully saturated rings. The monoisotopic (exact) mass is 474 g/mol. The molecule has 1 saturated heterocycles. The molecule has 2 aromatic rings. The van der Waals surface area contributed by atoms with E-state index in [-0.39, 0.29) is 18.2 Å². The number of nitrogens with zero attached hydrogens (tertiary/aromatic N) is 4. The van der Waals surface area contributed by atoms with Crippen molar-refractivity contribution in [1.29, 1.82) is 0 Å². The van der Waals surface area contributed by atoms with Crippen LogP contribution in [0.4, 0.5) is 22.1 Å². The van der Waals surface area contributed by atoms with Crippen molar-refractivity contribution in [3.8, 4) is 5.75 Å². The normalized spacial score (nSPS) is 16.2. The van der Waals surface area contributed by atoms with Crippen LogP contribution >= 0.6 is 11.6 Å². The molecule has 0 atom stereocenters. The molecule has 0 radical (unpaired) electrons. The van der Waals surface area contributed by atoms with Gasteiger partial charge in [-0.1, -0.05) is 11.6 Å². The van der Waals surface area contributed by atoms with Crippen LogP contribution in [0.25, 0.3) is 0 Å². The number of amides is 2. The van der Waals surface area contributed by atoms with Crippen molar-refractivity contribution in [2.45, 2.75) is 38.8 Å². The SMILES string of the molecule is CC(C)OC(=O)N1CCC(N2CCOc3c(Nc4ccc(C(N)=O)cc4Cl)ncnc32)CC1. The van der Waals surface area contributed by atoms with Gasteiger partial charge >= 0.3 is 6.09 Å². The summed E-state index contributed by atoms with van der Waals surface area (Å²) in [6.07, 6.45) is 2.69. The third-order valence-corrected chi connectivity index (χ3v) is 5.96. The molecule has 3 N–H and O–H groups in total. The minimum absolute atomic E-state index is 0.135. The Kier molecular flexibility index (Phi) is 6.73. The summed E-state index contributed by atoms with van der Waals surface area (Å²) in [7, 11) is 0. The Bertz CT molecular complexity index is 1040. The van der Waals surface area contributed by atoms with Gasteiger partial charge in [0, 0.05) is 24.7 Å². The zero-order chi connectivity index (χ0) is 23.5. The van der Waals surface area contributed by atoms with Crippen LogP contribution in [-0.2, 0) is 4.74 Å². The summed E-state index contributed by atoms with van der Waals surface area (Å²) in [5.74, 6) is 1.18. The summed E-state index contributed by atoms with van der Waals surface area (Å²) >= 11 is 6.32. The van der Waals surface area contributed by atoms with E-state index in [1.54, 1.807) is 17.0 Å². The van der Waals surface area contributed by atoms with Crippen molar-refractivity contribution in [3.05, 3.63) is 35.1 Å². The number of rotatable bonds is 5. The van der Waals surface area contributed by atoms with Gasteiger partial charge in [0.05, 0.1) is 23.4 Å². The predicted octanol–water partition coefficient (Wildman–Crippen LogP) is 3.18. The van der Waals surface area contributed by atoms with E-state index in [1.165, 1.54) is 12.4 Å². The fraction of sp³-hybridized carbons (Fsp3) is 0.455. The second-order valence-corrected chi connectivity index (χ2v) is 8.66. The van der Waals surface area contributed by atoms with Gasteiger partial charge < -0.3 is 30.3 Å². The topological polar surface area (TPSA) is 123 Å². The third kappa shape index (κ3) is 5.05. The number of ether oxygens (including phenoxy) is 2.